The van der Waals surface area contributed by atoms with Crippen LogP contribution in [0, 0.1) is 0 Å². The Hall–Kier alpha value is -1.27. The third-order valence-electron chi connectivity index (χ3n) is 1.88. The zero-order valence-electron chi connectivity index (χ0n) is 9.29. The highest BCUT2D eigenvalue weighted by molar-refractivity contribution is 5.26. The molecule has 17 heavy (non-hydrogen) atoms. The predicted octanol–water partition coefficient (Wildman–Crippen LogP) is 2.75. The van der Waals surface area contributed by atoms with Crippen LogP contribution in [-0.4, -0.2) is 26.7 Å². The molecule has 0 atom stereocenters. The van der Waals surface area contributed by atoms with Crippen LogP contribution in [0.5, 0.6) is 5.75 Å². The summed E-state index contributed by atoms with van der Waals surface area (Å²) >= 11 is 0. The monoisotopic (exact) mass is 250 g/mol. The van der Waals surface area contributed by atoms with E-state index in [1.807, 2.05) is 0 Å². The van der Waals surface area contributed by atoms with Gasteiger partial charge in [0.15, 0.2) is 0 Å². The maximum Gasteiger partial charge on any atom is 0.522 e. The van der Waals surface area contributed by atoms with Crippen LogP contribution in [0.25, 0.3) is 0 Å². The molecule has 0 saturated heterocycles. The lowest BCUT2D eigenvalue weighted by Crippen LogP contribution is -2.12. The van der Waals surface area contributed by atoms with E-state index in [0.29, 0.717) is 24.5 Å². The number of hydrogen-bond acceptors (Lipinski definition) is 3. The zero-order valence-corrected chi connectivity index (χ0v) is 9.29. The summed E-state index contributed by atoms with van der Waals surface area (Å²) in [7, 11) is 1.56. The lowest BCUT2D eigenvalue weighted by Gasteiger charge is -2.08. The lowest BCUT2D eigenvalue weighted by atomic mass is 10.2. The molecular weight excluding hydrogens is 237 g/mol. The molecule has 0 fully saturated rings. The standard InChI is InChI=1S/C11H13F3O3/c1-15-6-7-16-10-4-2-9(3-5-10)8-17-11(12,13)14/h2-5H,6-8H2,1H3. The Morgan fingerprint density at radius 3 is 2.24 bits per heavy atom. The van der Waals surface area contributed by atoms with Crippen molar-refractivity contribution >= 4 is 0 Å². The molecule has 0 amide bonds. The number of methoxy groups -OCH3 is 1. The SMILES string of the molecule is COCCOc1ccc(COC(F)(F)F)cc1. The van der Waals surface area contributed by atoms with Crippen LogP contribution < -0.4 is 4.74 Å². The van der Waals surface area contributed by atoms with Crippen LogP contribution in [0.1, 0.15) is 5.56 Å². The van der Waals surface area contributed by atoms with Gasteiger partial charge in [0, 0.05) is 7.11 Å². The highest BCUT2D eigenvalue weighted by Crippen LogP contribution is 2.20. The normalized spacial score (nSPS) is 11.5. The Morgan fingerprint density at radius 2 is 1.71 bits per heavy atom. The molecule has 3 nitrogen and oxygen atoms in total. The molecule has 0 aromatic heterocycles. The van der Waals surface area contributed by atoms with Gasteiger partial charge in [-0.25, -0.2) is 0 Å². The van der Waals surface area contributed by atoms with Crippen molar-refractivity contribution in [2.45, 2.75) is 13.0 Å². The molecule has 1 aromatic carbocycles. The van der Waals surface area contributed by atoms with Crippen molar-refractivity contribution in [3.8, 4) is 5.75 Å². The summed E-state index contributed by atoms with van der Waals surface area (Å²) in [6.07, 6.45) is -4.60. The zero-order chi connectivity index (χ0) is 12.7. The van der Waals surface area contributed by atoms with Gasteiger partial charge in [-0.05, 0) is 17.7 Å². The predicted molar refractivity (Wildman–Crippen MR) is 54.7 cm³/mol. The van der Waals surface area contributed by atoms with Gasteiger partial charge >= 0.3 is 6.36 Å². The Labute approximate surface area is 97.1 Å². The first kappa shape index (κ1) is 13.8. The second-order valence-electron chi connectivity index (χ2n) is 3.22. The average molecular weight is 250 g/mol. The molecule has 0 unspecified atom stereocenters. The summed E-state index contributed by atoms with van der Waals surface area (Å²) in [5, 5.41) is 0. The molecule has 0 radical (unpaired) electrons. The molecule has 96 valence electrons. The van der Waals surface area contributed by atoms with Crippen LogP contribution in [-0.2, 0) is 16.1 Å². The highest BCUT2D eigenvalue weighted by Gasteiger charge is 2.28. The first-order valence-electron chi connectivity index (χ1n) is 4.92. The lowest BCUT2D eigenvalue weighted by molar-refractivity contribution is -0.330. The molecule has 6 heteroatoms. The fourth-order valence-electron chi connectivity index (χ4n) is 1.09. The Balaban J connectivity index is 2.39. The van der Waals surface area contributed by atoms with Gasteiger partial charge in [-0.1, -0.05) is 12.1 Å². The molecule has 0 aliphatic carbocycles. The molecule has 1 aromatic rings. The van der Waals surface area contributed by atoms with Crippen LogP contribution >= 0.6 is 0 Å². The van der Waals surface area contributed by atoms with Crippen molar-refractivity contribution in [1.82, 2.24) is 0 Å². The van der Waals surface area contributed by atoms with E-state index in [1.54, 1.807) is 19.2 Å². The van der Waals surface area contributed by atoms with Gasteiger partial charge in [-0.15, -0.1) is 13.2 Å². The Morgan fingerprint density at radius 1 is 1.06 bits per heavy atom. The van der Waals surface area contributed by atoms with E-state index in [-0.39, 0.29) is 0 Å². The third-order valence-corrected chi connectivity index (χ3v) is 1.88. The molecule has 0 aliphatic heterocycles. The highest BCUT2D eigenvalue weighted by atomic mass is 19.4. The second kappa shape index (κ2) is 6.46. The van der Waals surface area contributed by atoms with Gasteiger partial charge in [0.25, 0.3) is 0 Å². The first-order chi connectivity index (χ1) is 8.01. The van der Waals surface area contributed by atoms with Gasteiger partial charge in [-0.3, -0.25) is 4.74 Å². The van der Waals surface area contributed by atoms with E-state index >= 15 is 0 Å². The van der Waals surface area contributed by atoms with Crippen molar-refractivity contribution in [2.75, 3.05) is 20.3 Å². The summed E-state index contributed by atoms with van der Waals surface area (Å²) in [5.41, 5.74) is 0.432. The van der Waals surface area contributed by atoms with Crippen LogP contribution in [0.3, 0.4) is 0 Å². The fourth-order valence-corrected chi connectivity index (χ4v) is 1.09. The molecular formula is C11H13F3O3. The van der Waals surface area contributed by atoms with Crippen LogP contribution in [0.4, 0.5) is 13.2 Å². The van der Waals surface area contributed by atoms with Crippen molar-refractivity contribution in [3.05, 3.63) is 29.8 Å². The van der Waals surface area contributed by atoms with E-state index in [9.17, 15) is 13.2 Å². The maximum atomic E-state index is 11.8. The number of alkyl halides is 3. The van der Waals surface area contributed by atoms with Crippen molar-refractivity contribution in [1.29, 1.82) is 0 Å². The van der Waals surface area contributed by atoms with E-state index in [1.165, 1.54) is 12.1 Å². The minimum Gasteiger partial charge on any atom is -0.491 e. The number of hydrogen-bond donors (Lipinski definition) is 0. The minimum absolute atomic E-state index is 0.398. The van der Waals surface area contributed by atoms with Gasteiger partial charge in [0.2, 0.25) is 0 Å². The van der Waals surface area contributed by atoms with Crippen molar-refractivity contribution in [2.24, 2.45) is 0 Å². The summed E-state index contributed by atoms with van der Waals surface area (Å²) in [6, 6.07) is 6.22. The second-order valence-corrected chi connectivity index (χ2v) is 3.22. The number of halogens is 3. The molecule has 0 aliphatic rings. The van der Waals surface area contributed by atoms with Gasteiger partial charge in [0.05, 0.1) is 13.2 Å². The molecule has 1 rings (SSSR count). The maximum absolute atomic E-state index is 11.8. The average Bonchev–Trinajstić information content (AvgIpc) is 2.27. The number of rotatable bonds is 6. The Bertz CT molecular complexity index is 322. The van der Waals surface area contributed by atoms with Crippen LogP contribution in [0.2, 0.25) is 0 Å². The van der Waals surface area contributed by atoms with E-state index in [0.717, 1.165) is 0 Å². The Kier molecular flexibility index (Phi) is 5.24. The van der Waals surface area contributed by atoms with Gasteiger partial charge < -0.3 is 9.47 Å². The summed E-state index contributed by atoms with van der Waals surface area (Å²) in [5.74, 6) is 0.581. The summed E-state index contributed by atoms with van der Waals surface area (Å²) < 4.78 is 49.0. The van der Waals surface area contributed by atoms with Gasteiger partial charge in [-0.2, -0.15) is 0 Å². The molecule has 0 saturated carbocycles. The van der Waals surface area contributed by atoms with E-state index in [2.05, 4.69) is 4.74 Å². The first-order valence-corrected chi connectivity index (χ1v) is 4.92. The van der Waals surface area contributed by atoms with E-state index in [4.69, 9.17) is 9.47 Å². The van der Waals surface area contributed by atoms with Gasteiger partial charge in [0.1, 0.15) is 12.4 Å². The largest absolute Gasteiger partial charge is 0.522 e. The molecule has 0 N–H and O–H groups in total. The third kappa shape index (κ3) is 6.13. The van der Waals surface area contributed by atoms with E-state index < -0.39 is 13.0 Å². The molecule has 0 bridgehead atoms. The summed E-state index contributed by atoms with van der Waals surface area (Å²) in [6.45, 7) is 0.357. The van der Waals surface area contributed by atoms with Crippen molar-refractivity contribution < 1.29 is 27.4 Å². The smallest absolute Gasteiger partial charge is 0.491 e. The molecule has 0 heterocycles. The number of ether oxygens (including phenoxy) is 3. The minimum atomic E-state index is -4.60. The van der Waals surface area contributed by atoms with Crippen LogP contribution in [0.15, 0.2) is 24.3 Å². The quantitative estimate of drug-likeness (QED) is 0.726. The number of benzene rings is 1. The molecule has 0 spiro atoms. The fraction of sp³-hybridized carbons (Fsp3) is 0.455. The topological polar surface area (TPSA) is 27.7 Å². The summed E-state index contributed by atoms with van der Waals surface area (Å²) in [4.78, 5) is 0. The van der Waals surface area contributed by atoms with Crippen molar-refractivity contribution in [3.63, 3.8) is 0 Å².